The Balaban J connectivity index is 2.79. The molecule has 0 unspecified atom stereocenters. The van der Waals surface area contributed by atoms with Crippen LogP contribution >= 0.6 is 34.8 Å². The lowest BCUT2D eigenvalue weighted by atomic mass is 9.82. The summed E-state index contributed by atoms with van der Waals surface area (Å²) in [4.78, 5) is 36.4. The lowest BCUT2D eigenvalue weighted by molar-refractivity contribution is -0.150. The number of ether oxygens (including phenoxy) is 3. The molecular formula is C18H27Cl3N2O6. The number of alkyl carbamates (subject to hydrolysis) is 2. The first-order valence-electron chi connectivity index (χ1n) is 9.08. The second-order valence-electron chi connectivity index (χ2n) is 7.62. The zero-order chi connectivity index (χ0) is 22.2. The fourth-order valence-electron chi connectivity index (χ4n) is 2.77. The van der Waals surface area contributed by atoms with E-state index in [1.54, 1.807) is 20.8 Å². The van der Waals surface area contributed by atoms with Crippen molar-refractivity contribution in [2.45, 2.75) is 61.5 Å². The maximum Gasteiger partial charge on any atom is 0.407 e. The standard InChI is InChI=1S/C18H27Cl3N2O6/c1-5-8-27-15(25)22-12-7-6-11(14(24)28-10-18(19,20)21)9-13(12)23-16(26)29-17(2,3)4/h5,11-13H,1,6-10H2,2-4H3,(H,22,25)(H,23,26)/t11-,12-,13+/m0/s1. The van der Waals surface area contributed by atoms with E-state index in [1.165, 1.54) is 6.08 Å². The molecule has 1 aliphatic rings. The molecule has 2 N–H and O–H groups in total. The summed E-state index contributed by atoms with van der Waals surface area (Å²) in [5.74, 6) is -1.08. The van der Waals surface area contributed by atoms with Crippen molar-refractivity contribution in [3.63, 3.8) is 0 Å². The molecule has 1 rings (SSSR count). The molecule has 0 aromatic rings. The molecule has 0 heterocycles. The number of nitrogens with one attached hydrogen (secondary N) is 2. The van der Waals surface area contributed by atoms with E-state index < -0.39 is 45.6 Å². The summed E-state index contributed by atoms with van der Waals surface area (Å²) in [7, 11) is 0. The Kier molecular flexibility index (Phi) is 9.85. The number of amides is 2. The van der Waals surface area contributed by atoms with Crippen molar-refractivity contribution in [2.24, 2.45) is 5.92 Å². The van der Waals surface area contributed by atoms with E-state index in [-0.39, 0.29) is 19.6 Å². The highest BCUT2D eigenvalue weighted by molar-refractivity contribution is 6.67. The van der Waals surface area contributed by atoms with Crippen LogP contribution in [0.2, 0.25) is 0 Å². The minimum absolute atomic E-state index is 0.0503. The van der Waals surface area contributed by atoms with Crippen LogP contribution in [-0.2, 0) is 19.0 Å². The van der Waals surface area contributed by atoms with Gasteiger partial charge in [0.2, 0.25) is 3.79 Å². The van der Waals surface area contributed by atoms with Gasteiger partial charge in [-0.2, -0.15) is 0 Å². The van der Waals surface area contributed by atoms with E-state index in [2.05, 4.69) is 17.2 Å². The summed E-state index contributed by atoms with van der Waals surface area (Å²) in [5.41, 5.74) is -0.701. The van der Waals surface area contributed by atoms with Gasteiger partial charge in [-0.05, 0) is 40.0 Å². The third-order valence-electron chi connectivity index (χ3n) is 3.90. The third-order valence-corrected chi connectivity index (χ3v) is 4.23. The van der Waals surface area contributed by atoms with Gasteiger partial charge in [-0.3, -0.25) is 4.79 Å². The minimum atomic E-state index is -1.71. The van der Waals surface area contributed by atoms with Crippen LogP contribution in [0.3, 0.4) is 0 Å². The molecular weight excluding hydrogens is 447 g/mol. The van der Waals surface area contributed by atoms with E-state index >= 15 is 0 Å². The first-order valence-corrected chi connectivity index (χ1v) is 10.2. The molecule has 0 aliphatic heterocycles. The van der Waals surface area contributed by atoms with Gasteiger partial charge in [-0.1, -0.05) is 47.5 Å². The van der Waals surface area contributed by atoms with E-state index in [0.717, 1.165) is 0 Å². The van der Waals surface area contributed by atoms with Crippen LogP contribution in [0, 0.1) is 5.92 Å². The van der Waals surface area contributed by atoms with Gasteiger partial charge < -0.3 is 24.8 Å². The van der Waals surface area contributed by atoms with E-state index in [9.17, 15) is 14.4 Å². The third kappa shape index (κ3) is 10.8. The summed E-state index contributed by atoms with van der Waals surface area (Å²) >= 11 is 16.8. The summed E-state index contributed by atoms with van der Waals surface area (Å²) in [5, 5.41) is 5.40. The van der Waals surface area contributed by atoms with Crippen LogP contribution in [-0.4, -0.2) is 52.8 Å². The Morgan fingerprint density at radius 1 is 1.03 bits per heavy atom. The second kappa shape index (κ2) is 11.1. The molecule has 11 heteroatoms. The Bertz CT molecular complexity index is 603. The average Bonchev–Trinajstić information content (AvgIpc) is 2.57. The molecule has 2 amide bonds. The number of hydrogen-bond acceptors (Lipinski definition) is 6. The van der Waals surface area contributed by atoms with E-state index in [4.69, 9.17) is 49.0 Å². The van der Waals surface area contributed by atoms with Gasteiger partial charge in [0.05, 0.1) is 18.0 Å². The first-order chi connectivity index (χ1) is 13.3. The monoisotopic (exact) mass is 472 g/mol. The Labute approximate surface area is 185 Å². The predicted molar refractivity (Wildman–Crippen MR) is 110 cm³/mol. The Morgan fingerprint density at radius 2 is 1.66 bits per heavy atom. The highest BCUT2D eigenvalue weighted by atomic mass is 35.6. The Morgan fingerprint density at radius 3 is 2.21 bits per heavy atom. The quantitative estimate of drug-likeness (QED) is 0.263. The number of rotatable bonds is 6. The Hall–Kier alpha value is -1.38. The first kappa shape index (κ1) is 25.7. The van der Waals surface area contributed by atoms with Crippen molar-refractivity contribution in [3.05, 3.63) is 12.7 Å². The van der Waals surface area contributed by atoms with Gasteiger partial charge in [0.15, 0.2) is 0 Å². The molecule has 0 spiro atoms. The minimum Gasteiger partial charge on any atom is -0.461 e. The van der Waals surface area contributed by atoms with Crippen molar-refractivity contribution < 1.29 is 28.6 Å². The molecule has 8 nitrogen and oxygen atoms in total. The lowest BCUT2D eigenvalue weighted by Gasteiger charge is -2.36. The van der Waals surface area contributed by atoms with Gasteiger partial charge in [-0.25, -0.2) is 9.59 Å². The molecule has 3 atom stereocenters. The van der Waals surface area contributed by atoms with Gasteiger partial charge in [0, 0.05) is 0 Å². The van der Waals surface area contributed by atoms with Crippen molar-refractivity contribution in [2.75, 3.05) is 13.2 Å². The summed E-state index contributed by atoms with van der Waals surface area (Å²) in [6.07, 6.45) is 1.15. The SMILES string of the molecule is C=CCOC(=O)N[C@H]1CC[C@H](C(=O)OCC(Cl)(Cl)Cl)C[C@H]1NC(=O)OC(C)(C)C. The van der Waals surface area contributed by atoms with Crippen LogP contribution in [0.25, 0.3) is 0 Å². The molecule has 0 aromatic carbocycles. The van der Waals surface area contributed by atoms with Gasteiger partial charge in [0.25, 0.3) is 0 Å². The van der Waals surface area contributed by atoms with Crippen LogP contribution < -0.4 is 10.6 Å². The second-order valence-corrected chi connectivity index (χ2v) is 10.1. The lowest BCUT2D eigenvalue weighted by Crippen LogP contribution is -2.56. The predicted octanol–water partition coefficient (Wildman–Crippen LogP) is 3.87. The molecule has 0 radical (unpaired) electrons. The summed E-state index contributed by atoms with van der Waals surface area (Å²) in [6, 6.07) is -1.04. The molecule has 29 heavy (non-hydrogen) atoms. The topological polar surface area (TPSA) is 103 Å². The summed E-state index contributed by atoms with van der Waals surface area (Å²) < 4.78 is 13.5. The highest BCUT2D eigenvalue weighted by Crippen LogP contribution is 2.29. The number of carbonyl (C=O) groups is 3. The van der Waals surface area contributed by atoms with Crippen molar-refractivity contribution in [1.29, 1.82) is 0 Å². The number of hydrogen-bond donors (Lipinski definition) is 2. The highest BCUT2D eigenvalue weighted by Gasteiger charge is 2.38. The van der Waals surface area contributed by atoms with Gasteiger partial charge in [-0.15, -0.1) is 0 Å². The van der Waals surface area contributed by atoms with Crippen LogP contribution in [0.4, 0.5) is 9.59 Å². The maximum atomic E-state index is 12.3. The molecule has 0 aromatic heterocycles. The average molecular weight is 474 g/mol. The van der Waals surface area contributed by atoms with Crippen molar-refractivity contribution >= 4 is 53.0 Å². The molecule has 1 saturated carbocycles. The fraction of sp³-hybridized carbons (Fsp3) is 0.722. The maximum absolute atomic E-state index is 12.3. The van der Waals surface area contributed by atoms with Crippen LogP contribution in [0.5, 0.6) is 0 Å². The van der Waals surface area contributed by atoms with Crippen molar-refractivity contribution in [3.8, 4) is 0 Å². The van der Waals surface area contributed by atoms with E-state index in [1.807, 2.05) is 0 Å². The molecule has 1 fully saturated rings. The largest absolute Gasteiger partial charge is 0.461 e. The molecule has 1 aliphatic carbocycles. The molecule has 0 saturated heterocycles. The smallest absolute Gasteiger partial charge is 0.407 e. The summed E-state index contributed by atoms with van der Waals surface area (Å²) in [6.45, 7) is 8.33. The number of esters is 1. The van der Waals surface area contributed by atoms with Gasteiger partial charge in [0.1, 0.15) is 18.8 Å². The van der Waals surface area contributed by atoms with E-state index in [0.29, 0.717) is 12.8 Å². The fourth-order valence-corrected chi connectivity index (χ4v) is 2.94. The number of halogens is 3. The number of carbonyl (C=O) groups excluding carboxylic acids is 3. The zero-order valence-electron chi connectivity index (χ0n) is 16.6. The van der Waals surface area contributed by atoms with Crippen LogP contribution in [0.1, 0.15) is 40.0 Å². The van der Waals surface area contributed by atoms with Crippen LogP contribution in [0.15, 0.2) is 12.7 Å². The zero-order valence-corrected chi connectivity index (χ0v) is 18.9. The normalized spacial score (nSPS) is 22.2. The van der Waals surface area contributed by atoms with Crippen molar-refractivity contribution in [1.82, 2.24) is 10.6 Å². The molecule has 0 bridgehead atoms. The van der Waals surface area contributed by atoms with Gasteiger partial charge >= 0.3 is 18.2 Å². The molecule has 166 valence electrons. The number of alkyl halides is 3.